The second-order valence-corrected chi connectivity index (χ2v) is 18.3. The van der Waals surface area contributed by atoms with Gasteiger partial charge in [0.25, 0.3) is 0 Å². The Hall–Kier alpha value is -2.55. The fraction of sp³-hybridized carbons (Fsp3) is 0.606. The summed E-state index contributed by atoms with van der Waals surface area (Å²) >= 11 is 34.8. The third-order valence-electron chi connectivity index (χ3n) is 7.79. The minimum Gasteiger partial charge on any atom is -0.465 e. The summed E-state index contributed by atoms with van der Waals surface area (Å²) in [7, 11) is 1.27. The van der Waals surface area contributed by atoms with E-state index in [0.717, 1.165) is 5.57 Å². The van der Waals surface area contributed by atoms with Gasteiger partial charge in [-0.2, -0.15) is 0 Å². The second kappa shape index (κ2) is 18.7. The van der Waals surface area contributed by atoms with Crippen LogP contribution in [0.3, 0.4) is 0 Å². The van der Waals surface area contributed by atoms with Gasteiger partial charge in [0, 0.05) is 25.0 Å². The van der Waals surface area contributed by atoms with Crippen LogP contribution in [0, 0.1) is 5.92 Å². The van der Waals surface area contributed by atoms with Crippen molar-refractivity contribution in [2.45, 2.75) is 79.2 Å². The molecular formula is C33H43Cl6N5O8. The molecule has 1 fully saturated rings. The minimum atomic E-state index is -1.88. The van der Waals surface area contributed by atoms with E-state index in [4.69, 9.17) is 93.5 Å². The molecule has 2 aliphatic heterocycles. The zero-order valence-corrected chi connectivity index (χ0v) is 34.1. The first-order chi connectivity index (χ1) is 24.1. The number of halogens is 6. The minimum absolute atomic E-state index is 0.150. The van der Waals surface area contributed by atoms with Crippen LogP contribution in [0.1, 0.15) is 75.8 Å². The molecule has 3 amide bonds. The highest BCUT2D eigenvalue weighted by molar-refractivity contribution is 6.68. The first kappa shape index (κ1) is 43.9. The fourth-order valence-electron chi connectivity index (χ4n) is 5.88. The number of hydrogen-bond acceptors (Lipinski definition) is 9. The summed E-state index contributed by atoms with van der Waals surface area (Å²) in [6.45, 7) is 8.94. The van der Waals surface area contributed by atoms with Crippen molar-refractivity contribution < 1.29 is 38.1 Å². The summed E-state index contributed by atoms with van der Waals surface area (Å²) in [5.41, 5.74) is 1.47. The average Bonchev–Trinajstić information content (AvgIpc) is 3.47. The Morgan fingerprint density at radius 1 is 0.981 bits per heavy atom. The quantitative estimate of drug-likeness (QED) is 0.0477. The molecule has 0 radical (unpaired) electrons. The van der Waals surface area contributed by atoms with Crippen molar-refractivity contribution in [3.8, 4) is 0 Å². The van der Waals surface area contributed by atoms with Crippen molar-refractivity contribution in [3.05, 3.63) is 41.0 Å². The number of methoxy groups -OCH3 is 1. The molecule has 0 unspecified atom stereocenters. The van der Waals surface area contributed by atoms with E-state index in [9.17, 15) is 19.2 Å². The van der Waals surface area contributed by atoms with E-state index in [1.54, 1.807) is 32.9 Å². The summed E-state index contributed by atoms with van der Waals surface area (Å²) < 4.78 is 17.4. The third-order valence-corrected chi connectivity index (χ3v) is 8.45. The molecule has 13 nitrogen and oxygen atoms in total. The molecule has 290 valence electrons. The van der Waals surface area contributed by atoms with Crippen molar-refractivity contribution >= 4 is 106 Å². The van der Waals surface area contributed by atoms with Gasteiger partial charge in [-0.3, -0.25) is 10.2 Å². The zero-order chi connectivity index (χ0) is 39.0. The summed E-state index contributed by atoms with van der Waals surface area (Å²) in [5.74, 6) is -0.655. The number of hydrogen-bond donors (Lipinski definition) is 2. The molecule has 2 N–H and O–H groups in total. The number of amides is 3. The number of guanidine groups is 1. The van der Waals surface area contributed by atoms with Gasteiger partial charge in [-0.25, -0.2) is 24.2 Å². The zero-order valence-electron chi connectivity index (χ0n) is 29.6. The lowest BCUT2D eigenvalue weighted by atomic mass is 9.79. The Labute approximate surface area is 333 Å². The van der Waals surface area contributed by atoms with E-state index in [1.807, 2.05) is 24.8 Å². The van der Waals surface area contributed by atoms with E-state index in [1.165, 1.54) is 18.1 Å². The van der Waals surface area contributed by atoms with Gasteiger partial charge in [-0.05, 0) is 77.6 Å². The molecule has 1 saturated heterocycles. The maximum atomic E-state index is 13.9. The van der Waals surface area contributed by atoms with Crippen LogP contribution in [0.4, 0.5) is 20.1 Å². The number of alkyl carbamates (subject to hydrolysis) is 2. The molecule has 3 atom stereocenters. The predicted octanol–water partition coefficient (Wildman–Crippen LogP) is 8.26. The third kappa shape index (κ3) is 13.4. The number of nitrogens with one attached hydrogen (secondary N) is 2. The Kier molecular flexibility index (Phi) is 15.7. The molecule has 0 bridgehead atoms. The molecule has 0 aromatic heterocycles. The van der Waals surface area contributed by atoms with E-state index in [0.29, 0.717) is 37.1 Å². The lowest BCUT2D eigenvalue weighted by molar-refractivity contribution is 0.0553. The number of anilines is 1. The fourth-order valence-corrected chi connectivity index (χ4v) is 6.21. The maximum absolute atomic E-state index is 13.9. The number of aliphatic imine (C=N–C) groups is 1. The Balaban J connectivity index is 2.10. The topological polar surface area (TPSA) is 148 Å². The van der Waals surface area contributed by atoms with E-state index in [-0.39, 0.29) is 30.5 Å². The maximum Gasteiger partial charge on any atom is 0.414 e. The number of benzene rings is 1. The van der Waals surface area contributed by atoms with Crippen LogP contribution in [0.25, 0.3) is 0 Å². The van der Waals surface area contributed by atoms with Gasteiger partial charge in [0.15, 0.2) is 0 Å². The van der Waals surface area contributed by atoms with Crippen molar-refractivity contribution in [2.24, 2.45) is 10.9 Å². The monoisotopic (exact) mass is 847 g/mol. The van der Waals surface area contributed by atoms with Gasteiger partial charge in [0.2, 0.25) is 13.5 Å². The molecule has 52 heavy (non-hydrogen) atoms. The van der Waals surface area contributed by atoms with Crippen LogP contribution in [0.15, 0.2) is 34.8 Å². The van der Waals surface area contributed by atoms with Crippen LogP contribution in [0.5, 0.6) is 0 Å². The lowest BCUT2D eigenvalue weighted by Gasteiger charge is -2.45. The van der Waals surface area contributed by atoms with Crippen molar-refractivity contribution in [1.29, 1.82) is 0 Å². The number of carbonyl (C=O) groups is 4. The highest BCUT2D eigenvalue weighted by Crippen LogP contribution is 2.50. The van der Waals surface area contributed by atoms with Crippen LogP contribution in [-0.4, -0.2) is 94.3 Å². The van der Waals surface area contributed by atoms with Gasteiger partial charge in [0.1, 0.15) is 18.8 Å². The molecule has 0 aliphatic carbocycles. The molecule has 0 saturated carbocycles. The number of carbonyl (C=O) groups excluding carboxylic acids is 4. The number of alkyl halides is 6. The largest absolute Gasteiger partial charge is 0.465 e. The van der Waals surface area contributed by atoms with Gasteiger partial charge < -0.3 is 29.2 Å². The number of likely N-dealkylation sites (tertiary alicyclic amines) is 1. The van der Waals surface area contributed by atoms with Crippen LogP contribution in [0.2, 0.25) is 0 Å². The second-order valence-electron chi connectivity index (χ2n) is 13.3. The van der Waals surface area contributed by atoms with Gasteiger partial charge in [-0.1, -0.05) is 81.3 Å². The molecule has 3 rings (SSSR count). The van der Waals surface area contributed by atoms with E-state index in [2.05, 4.69) is 10.6 Å². The molecular weight excluding hydrogens is 807 g/mol. The van der Waals surface area contributed by atoms with Gasteiger partial charge in [0.05, 0.1) is 30.9 Å². The van der Waals surface area contributed by atoms with Crippen LogP contribution < -0.4 is 15.5 Å². The predicted molar refractivity (Wildman–Crippen MR) is 203 cm³/mol. The number of nitrogens with zero attached hydrogens (tertiary/aromatic N) is 3. The normalized spacial score (nSPS) is 18.8. The van der Waals surface area contributed by atoms with Crippen molar-refractivity contribution in [3.63, 3.8) is 0 Å². The lowest BCUT2D eigenvalue weighted by Crippen LogP contribution is -2.53. The number of rotatable bonds is 9. The Bertz CT molecular complexity index is 1520. The first-order valence-electron chi connectivity index (χ1n) is 16.3. The first-order valence-corrected chi connectivity index (χ1v) is 18.5. The molecule has 2 heterocycles. The molecule has 1 aromatic rings. The standard InChI is InChI=1S/C33H43Cl6N5O8/c1-19(2)11-14-40-27(42-29(47)52-31(3,4)5)43-15-12-21-23(8-7-13-41-28(46)50-17-32(34,35)36)44(30(48)51-18-33(37,38)39)24-10-9-20(26(45)49-6)16-22(24)25(21)43/h9-11,16,21,23,25H,7-8,12-15,17-18H2,1-6H3,(H,41,46)(H,40,42,47)/t21-,23-,25-/m0/s1. The van der Waals surface area contributed by atoms with Crippen molar-refractivity contribution in [2.75, 3.05) is 44.9 Å². The highest BCUT2D eigenvalue weighted by atomic mass is 35.6. The summed E-state index contributed by atoms with van der Waals surface area (Å²) in [5, 5.41) is 5.45. The molecule has 1 aromatic carbocycles. The van der Waals surface area contributed by atoms with E-state index >= 15 is 0 Å². The highest BCUT2D eigenvalue weighted by Gasteiger charge is 2.50. The smallest absolute Gasteiger partial charge is 0.414 e. The Morgan fingerprint density at radius 3 is 2.23 bits per heavy atom. The number of allylic oxidation sites excluding steroid dienone is 1. The Morgan fingerprint density at radius 2 is 1.63 bits per heavy atom. The molecule has 2 aliphatic rings. The van der Waals surface area contributed by atoms with Gasteiger partial charge >= 0.3 is 24.2 Å². The van der Waals surface area contributed by atoms with Gasteiger partial charge in [-0.15, -0.1) is 0 Å². The van der Waals surface area contributed by atoms with E-state index < -0.39 is 62.7 Å². The summed E-state index contributed by atoms with van der Waals surface area (Å²) in [6.07, 6.45) is 0.868. The summed E-state index contributed by atoms with van der Waals surface area (Å²) in [4.78, 5) is 60.1. The number of ether oxygens (including phenoxy) is 4. The van der Waals surface area contributed by atoms with Crippen LogP contribution >= 0.6 is 69.6 Å². The molecule has 19 heteroatoms. The van der Waals surface area contributed by atoms with Crippen LogP contribution in [-0.2, 0) is 18.9 Å². The van der Waals surface area contributed by atoms with Crippen molar-refractivity contribution in [1.82, 2.24) is 15.5 Å². The average molecular weight is 850 g/mol. The summed E-state index contributed by atoms with van der Waals surface area (Å²) in [6, 6.07) is 3.73. The SMILES string of the molecule is COC(=O)c1ccc2c(c1)[C@@H]1[C@@H](CCN1C(=NCC=C(C)C)NC(=O)OC(C)(C)C)[C@H](CCCNC(=O)OCC(Cl)(Cl)Cl)N2C(=O)OCC(Cl)(Cl)Cl. The number of esters is 1. The molecule has 0 spiro atoms. The number of fused-ring (bicyclic) bond motifs is 3.